The van der Waals surface area contributed by atoms with E-state index < -0.39 is 5.82 Å². The molecule has 0 aromatic heterocycles. The molecule has 2 nitrogen and oxygen atoms in total. The molecule has 3 N–H and O–H groups in total. The minimum Gasteiger partial charge on any atom is -0.505 e. The molecule has 0 aliphatic heterocycles. The molecule has 0 saturated carbocycles. The van der Waals surface area contributed by atoms with Crippen molar-refractivity contribution in [1.82, 2.24) is 0 Å². The highest BCUT2D eigenvalue weighted by molar-refractivity contribution is 5.85. The molecule has 78 valence electrons. The smallest absolute Gasteiger partial charge is 0.165 e. The monoisotopic (exact) mass is 217 g/mol. The van der Waals surface area contributed by atoms with Crippen molar-refractivity contribution in [3.63, 3.8) is 0 Å². The molecule has 1 aliphatic carbocycles. The number of benzene rings is 1. The molecule has 14 heavy (non-hydrogen) atoms. The second-order valence-electron chi connectivity index (χ2n) is 3.58. The minimum atomic E-state index is -0.533. The molecule has 1 atom stereocenters. The van der Waals surface area contributed by atoms with Gasteiger partial charge in [-0.2, -0.15) is 0 Å². The van der Waals surface area contributed by atoms with Crippen LogP contribution in [0.2, 0.25) is 0 Å². The Labute approximate surface area is 88.3 Å². The number of fused-ring (bicyclic) bond motifs is 1. The molecule has 0 unspecified atom stereocenters. The van der Waals surface area contributed by atoms with Crippen molar-refractivity contribution >= 4 is 12.4 Å². The summed E-state index contributed by atoms with van der Waals surface area (Å²) in [5, 5.41) is 9.15. The third kappa shape index (κ3) is 1.99. The molecule has 0 saturated heterocycles. The number of aromatic hydroxyl groups is 1. The van der Waals surface area contributed by atoms with Gasteiger partial charge in [-0.25, -0.2) is 4.39 Å². The molecule has 1 aliphatic rings. The lowest BCUT2D eigenvalue weighted by atomic mass is 9.88. The number of aryl methyl sites for hydroxylation is 1. The first-order valence-electron chi connectivity index (χ1n) is 4.42. The maximum absolute atomic E-state index is 12.9. The van der Waals surface area contributed by atoms with Crippen LogP contribution >= 0.6 is 12.4 Å². The van der Waals surface area contributed by atoms with Crippen molar-refractivity contribution < 1.29 is 9.50 Å². The molecule has 0 heterocycles. The van der Waals surface area contributed by atoms with E-state index in [1.165, 1.54) is 12.1 Å². The molecule has 4 heteroatoms. The predicted octanol–water partition coefficient (Wildman–Crippen LogP) is 1.77. The molecule has 0 fully saturated rings. The Kier molecular flexibility index (Phi) is 3.34. The average Bonchev–Trinajstić information content (AvgIpc) is 2.08. The van der Waals surface area contributed by atoms with Crippen molar-refractivity contribution in [2.24, 2.45) is 5.73 Å². The van der Waals surface area contributed by atoms with Crippen LogP contribution in [0.1, 0.15) is 17.5 Å². The van der Waals surface area contributed by atoms with Gasteiger partial charge in [0.05, 0.1) is 0 Å². The zero-order valence-electron chi connectivity index (χ0n) is 7.66. The van der Waals surface area contributed by atoms with Crippen LogP contribution in [0.3, 0.4) is 0 Å². The van der Waals surface area contributed by atoms with Crippen LogP contribution in [-0.4, -0.2) is 11.1 Å². The van der Waals surface area contributed by atoms with E-state index in [0.29, 0.717) is 0 Å². The van der Waals surface area contributed by atoms with E-state index >= 15 is 0 Å². The van der Waals surface area contributed by atoms with E-state index in [4.69, 9.17) is 10.8 Å². The standard InChI is InChI=1S/C10H12FNO.ClH/c11-9-4-6-1-2-8(12)3-7(6)5-10(9)13;/h4-5,8,13H,1-3,12H2;1H/t8-;/m1./s1. The number of phenols is 1. The van der Waals surface area contributed by atoms with Crippen LogP contribution in [0.4, 0.5) is 4.39 Å². The van der Waals surface area contributed by atoms with Gasteiger partial charge >= 0.3 is 0 Å². The average molecular weight is 218 g/mol. The molecule has 0 radical (unpaired) electrons. The third-order valence-electron chi connectivity index (χ3n) is 2.54. The first kappa shape index (κ1) is 11.3. The highest BCUT2D eigenvalue weighted by atomic mass is 35.5. The number of phenolic OH excluding ortho intramolecular Hbond substituents is 1. The Morgan fingerprint density at radius 2 is 2.07 bits per heavy atom. The zero-order valence-corrected chi connectivity index (χ0v) is 8.48. The zero-order chi connectivity index (χ0) is 9.42. The number of hydrogen-bond donors (Lipinski definition) is 2. The molecule has 1 aromatic carbocycles. The number of nitrogens with two attached hydrogens (primary N) is 1. The summed E-state index contributed by atoms with van der Waals surface area (Å²) in [7, 11) is 0. The summed E-state index contributed by atoms with van der Waals surface area (Å²) in [6.07, 6.45) is 2.45. The van der Waals surface area contributed by atoms with Crippen molar-refractivity contribution in [2.75, 3.05) is 0 Å². The third-order valence-corrected chi connectivity index (χ3v) is 2.54. The van der Waals surface area contributed by atoms with Gasteiger partial charge in [0, 0.05) is 6.04 Å². The first-order chi connectivity index (χ1) is 6.16. The second kappa shape index (κ2) is 4.15. The highest BCUT2D eigenvalue weighted by Gasteiger charge is 2.17. The Morgan fingerprint density at radius 3 is 2.79 bits per heavy atom. The predicted molar refractivity (Wildman–Crippen MR) is 55.3 cm³/mol. The molecule has 0 bridgehead atoms. The summed E-state index contributed by atoms with van der Waals surface area (Å²) < 4.78 is 12.9. The van der Waals surface area contributed by atoms with Crippen LogP contribution < -0.4 is 5.73 Å². The maximum atomic E-state index is 12.9. The van der Waals surface area contributed by atoms with Crippen molar-refractivity contribution in [3.05, 3.63) is 29.1 Å². The van der Waals surface area contributed by atoms with Crippen LogP contribution in [0.15, 0.2) is 12.1 Å². The lowest BCUT2D eigenvalue weighted by molar-refractivity contribution is 0.428. The van der Waals surface area contributed by atoms with Gasteiger partial charge in [0.2, 0.25) is 0 Å². The van der Waals surface area contributed by atoms with Gasteiger partial charge in [-0.1, -0.05) is 0 Å². The van der Waals surface area contributed by atoms with Gasteiger partial charge in [-0.15, -0.1) is 12.4 Å². The van der Waals surface area contributed by atoms with E-state index in [0.717, 1.165) is 30.4 Å². The normalized spacial score (nSPS) is 19.7. The van der Waals surface area contributed by atoms with E-state index in [2.05, 4.69) is 0 Å². The topological polar surface area (TPSA) is 46.2 Å². The summed E-state index contributed by atoms with van der Waals surface area (Å²) in [5.41, 5.74) is 7.73. The molecule has 0 spiro atoms. The lowest BCUT2D eigenvalue weighted by Gasteiger charge is -2.21. The molecule has 1 aromatic rings. The second-order valence-corrected chi connectivity index (χ2v) is 3.58. The SMILES string of the molecule is Cl.N[C@@H]1CCc2cc(F)c(O)cc2C1. The largest absolute Gasteiger partial charge is 0.505 e. The summed E-state index contributed by atoms with van der Waals surface area (Å²) in [6, 6.07) is 3.05. The van der Waals surface area contributed by atoms with E-state index in [1.54, 1.807) is 0 Å². The fourth-order valence-corrected chi connectivity index (χ4v) is 1.79. The highest BCUT2D eigenvalue weighted by Crippen LogP contribution is 2.26. The quantitative estimate of drug-likeness (QED) is 0.696. The fourth-order valence-electron chi connectivity index (χ4n) is 1.79. The van der Waals surface area contributed by atoms with E-state index in [-0.39, 0.29) is 24.2 Å². The van der Waals surface area contributed by atoms with E-state index in [9.17, 15) is 4.39 Å². The van der Waals surface area contributed by atoms with Gasteiger partial charge in [0.15, 0.2) is 11.6 Å². The van der Waals surface area contributed by atoms with Gasteiger partial charge in [-0.3, -0.25) is 0 Å². The van der Waals surface area contributed by atoms with Gasteiger partial charge in [0.25, 0.3) is 0 Å². The molecule has 2 rings (SSSR count). The van der Waals surface area contributed by atoms with E-state index in [1.807, 2.05) is 0 Å². The van der Waals surface area contributed by atoms with Crippen LogP contribution in [0.25, 0.3) is 0 Å². The van der Waals surface area contributed by atoms with Crippen LogP contribution in [0.5, 0.6) is 5.75 Å². The summed E-state index contributed by atoms with van der Waals surface area (Å²) in [5.74, 6) is -0.804. The summed E-state index contributed by atoms with van der Waals surface area (Å²) in [6.45, 7) is 0. The van der Waals surface area contributed by atoms with Crippen LogP contribution in [-0.2, 0) is 12.8 Å². The fraction of sp³-hybridized carbons (Fsp3) is 0.400. The number of rotatable bonds is 0. The minimum absolute atomic E-state index is 0. The molecule has 0 amide bonds. The van der Waals surface area contributed by atoms with Crippen molar-refractivity contribution in [3.8, 4) is 5.75 Å². The van der Waals surface area contributed by atoms with Gasteiger partial charge < -0.3 is 10.8 Å². The van der Waals surface area contributed by atoms with Crippen LogP contribution in [0, 0.1) is 5.82 Å². The summed E-state index contributed by atoms with van der Waals surface area (Å²) in [4.78, 5) is 0. The number of hydrogen-bond acceptors (Lipinski definition) is 2. The Hall–Kier alpha value is -0.800. The van der Waals surface area contributed by atoms with Gasteiger partial charge in [0.1, 0.15) is 0 Å². The Bertz CT molecular complexity index is 343. The lowest BCUT2D eigenvalue weighted by Crippen LogP contribution is -2.27. The van der Waals surface area contributed by atoms with Crippen molar-refractivity contribution in [2.45, 2.75) is 25.3 Å². The number of halogens is 2. The maximum Gasteiger partial charge on any atom is 0.165 e. The summed E-state index contributed by atoms with van der Waals surface area (Å²) >= 11 is 0. The van der Waals surface area contributed by atoms with Gasteiger partial charge in [-0.05, 0) is 42.5 Å². The molecular formula is C10H13ClFNO. The first-order valence-corrected chi connectivity index (χ1v) is 4.42. The van der Waals surface area contributed by atoms with Crippen molar-refractivity contribution in [1.29, 1.82) is 0 Å². The Balaban J connectivity index is 0.000000980. The molecular weight excluding hydrogens is 205 g/mol. The Morgan fingerprint density at radius 1 is 1.36 bits per heavy atom.